The van der Waals surface area contributed by atoms with Gasteiger partial charge in [0.2, 0.25) is 11.8 Å². The molecule has 0 fully saturated rings. The van der Waals surface area contributed by atoms with E-state index in [0.717, 1.165) is 16.7 Å². The first-order valence-electron chi connectivity index (χ1n) is 13.6. The zero-order valence-electron chi connectivity index (χ0n) is 23.3. The third-order valence-corrected chi connectivity index (χ3v) is 6.46. The highest BCUT2D eigenvalue weighted by molar-refractivity contribution is 6.30. The second kappa shape index (κ2) is 15.2. The Morgan fingerprint density at radius 3 is 2.13 bits per heavy atom. The summed E-state index contributed by atoms with van der Waals surface area (Å²) >= 11 is 6.11. The van der Waals surface area contributed by atoms with Gasteiger partial charge in [0, 0.05) is 30.5 Å². The highest BCUT2D eigenvalue weighted by atomic mass is 35.5. The summed E-state index contributed by atoms with van der Waals surface area (Å²) in [5.74, 6) is 1.08. The summed E-state index contributed by atoms with van der Waals surface area (Å²) < 4.78 is 11.4. The van der Waals surface area contributed by atoms with E-state index in [1.54, 1.807) is 17.0 Å². The van der Waals surface area contributed by atoms with Crippen LogP contribution in [-0.2, 0) is 29.0 Å². The summed E-state index contributed by atoms with van der Waals surface area (Å²) in [5, 5.41) is 3.64. The van der Waals surface area contributed by atoms with Gasteiger partial charge in [-0.2, -0.15) is 0 Å². The van der Waals surface area contributed by atoms with Gasteiger partial charge in [0.1, 0.15) is 6.04 Å². The number of carbonyl (C=O) groups is 2. The Morgan fingerprint density at radius 1 is 0.846 bits per heavy atom. The molecule has 0 saturated heterocycles. The average Bonchev–Trinajstić information content (AvgIpc) is 2.92. The van der Waals surface area contributed by atoms with Crippen molar-refractivity contribution in [3.63, 3.8) is 0 Å². The summed E-state index contributed by atoms with van der Waals surface area (Å²) in [4.78, 5) is 29.0. The van der Waals surface area contributed by atoms with Crippen molar-refractivity contribution in [1.29, 1.82) is 0 Å². The van der Waals surface area contributed by atoms with Crippen LogP contribution in [-0.4, -0.2) is 42.0 Å². The summed E-state index contributed by atoms with van der Waals surface area (Å²) in [5.41, 5.74) is 2.86. The topological polar surface area (TPSA) is 67.9 Å². The van der Waals surface area contributed by atoms with Crippen molar-refractivity contribution in [2.75, 3.05) is 13.2 Å². The highest BCUT2D eigenvalue weighted by Crippen LogP contribution is 2.29. The number of aryl methyl sites for hydroxylation is 1. The second-order valence-electron chi connectivity index (χ2n) is 9.66. The molecule has 0 saturated carbocycles. The van der Waals surface area contributed by atoms with E-state index < -0.39 is 6.04 Å². The molecule has 208 valence electrons. The smallest absolute Gasteiger partial charge is 0.243 e. The highest BCUT2D eigenvalue weighted by Gasteiger charge is 2.30. The standard InChI is InChI=1S/C32H39ClN2O4/c1-5-38-29-18-14-25(21-30(29)39-6-2)15-19-31(36)35(22-26-12-16-27(33)17-13-26)28(32(37)34-23(3)4)20-24-10-8-7-9-11-24/h7-14,16-18,21,23,28H,5-6,15,19-20,22H2,1-4H3,(H,34,37)/t28-/m1/s1. The van der Waals surface area contributed by atoms with Crippen LogP contribution in [0, 0.1) is 0 Å². The van der Waals surface area contributed by atoms with E-state index in [-0.39, 0.29) is 24.3 Å². The normalized spacial score (nSPS) is 11.6. The minimum Gasteiger partial charge on any atom is -0.490 e. The molecule has 2 amide bonds. The molecule has 0 heterocycles. The summed E-state index contributed by atoms with van der Waals surface area (Å²) in [6.45, 7) is 9.05. The van der Waals surface area contributed by atoms with Gasteiger partial charge < -0.3 is 19.7 Å². The predicted molar refractivity (Wildman–Crippen MR) is 156 cm³/mol. The number of nitrogens with zero attached hydrogens (tertiary/aromatic N) is 1. The molecule has 3 rings (SSSR count). The summed E-state index contributed by atoms with van der Waals surface area (Å²) in [6.07, 6.45) is 1.16. The number of ether oxygens (including phenoxy) is 2. The van der Waals surface area contributed by atoms with E-state index >= 15 is 0 Å². The van der Waals surface area contributed by atoms with E-state index in [1.807, 2.05) is 88.4 Å². The average molecular weight is 551 g/mol. The molecule has 0 aromatic heterocycles. The molecule has 1 atom stereocenters. The molecule has 7 heteroatoms. The van der Waals surface area contributed by atoms with E-state index in [1.165, 1.54) is 0 Å². The van der Waals surface area contributed by atoms with Gasteiger partial charge in [-0.1, -0.05) is 60.1 Å². The van der Waals surface area contributed by atoms with E-state index in [9.17, 15) is 9.59 Å². The molecule has 3 aromatic rings. The molecule has 6 nitrogen and oxygen atoms in total. The molecular formula is C32H39ClN2O4. The van der Waals surface area contributed by atoms with Crippen molar-refractivity contribution in [3.8, 4) is 11.5 Å². The number of carbonyl (C=O) groups excluding carboxylic acids is 2. The van der Waals surface area contributed by atoms with Gasteiger partial charge in [-0.15, -0.1) is 0 Å². The molecule has 3 aromatic carbocycles. The zero-order valence-corrected chi connectivity index (χ0v) is 24.0. The number of halogens is 1. The Hall–Kier alpha value is -3.51. The predicted octanol–water partition coefficient (Wildman–Crippen LogP) is 6.23. The Balaban J connectivity index is 1.89. The van der Waals surface area contributed by atoms with Crippen molar-refractivity contribution in [3.05, 3.63) is 94.5 Å². The van der Waals surface area contributed by atoms with Crippen molar-refractivity contribution in [1.82, 2.24) is 10.2 Å². The van der Waals surface area contributed by atoms with Gasteiger partial charge in [-0.05, 0) is 75.1 Å². The first-order valence-corrected chi connectivity index (χ1v) is 13.9. The number of hydrogen-bond donors (Lipinski definition) is 1. The zero-order chi connectivity index (χ0) is 28.2. The SMILES string of the molecule is CCOc1ccc(CCC(=O)N(Cc2ccc(Cl)cc2)[C@H](Cc2ccccc2)C(=O)NC(C)C)cc1OCC. The fourth-order valence-corrected chi connectivity index (χ4v) is 4.49. The monoisotopic (exact) mass is 550 g/mol. The number of benzene rings is 3. The van der Waals surface area contributed by atoms with Crippen LogP contribution in [0.3, 0.4) is 0 Å². The van der Waals surface area contributed by atoms with Crippen LogP contribution in [0.25, 0.3) is 0 Å². The fraction of sp³-hybridized carbons (Fsp3) is 0.375. The molecule has 39 heavy (non-hydrogen) atoms. The molecule has 1 N–H and O–H groups in total. The first-order chi connectivity index (χ1) is 18.8. The van der Waals surface area contributed by atoms with E-state index in [2.05, 4.69) is 5.32 Å². The van der Waals surface area contributed by atoms with E-state index in [0.29, 0.717) is 49.1 Å². The maximum absolute atomic E-state index is 13.9. The Morgan fingerprint density at radius 2 is 1.49 bits per heavy atom. The quantitative estimate of drug-likeness (QED) is 0.258. The van der Waals surface area contributed by atoms with Gasteiger partial charge in [-0.3, -0.25) is 9.59 Å². The number of amides is 2. The molecular weight excluding hydrogens is 512 g/mol. The summed E-state index contributed by atoms with van der Waals surface area (Å²) in [6, 6.07) is 22.2. The lowest BCUT2D eigenvalue weighted by Crippen LogP contribution is -2.51. The van der Waals surface area contributed by atoms with Crippen LogP contribution in [0.2, 0.25) is 5.02 Å². The maximum Gasteiger partial charge on any atom is 0.243 e. The minimum atomic E-state index is -0.669. The molecule has 0 aliphatic heterocycles. The lowest BCUT2D eigenvalue weighted by Gasteiger charge is -2.32. The van der Waals surface area contributed by atoms with Crippen LogP contribution in [0.15, 0.2) is 72.8 Å². The molecule has 0 aliphatic carbocycles. The molecule has 0 unspecified atom stereocenters. The van der Waals surface area contributed by atoms with Crippen molar-refractivity contribution in [2.45, 2.75) is 65.6 Å². The van der Waals surface area contributed by atoms with Crippen molar-refractivity contribution < 1.29 is 19.1 Å². The molecule has 0 radical (unpaired) electrons. The molecule has 0 bridgehead atoms. The molecule has 0 aliphatic rings. The van der Waals surface area contributed by atoms with Gasteiger partial charge in [0.15, 0.2) is 11.5 Å². The third kappa shape index (κ3) is 9.32. The first kappa shape index (κ1) is 30.0. The van der Waals surface area contributed by atoms with E-state index in [4.69, 9.17) is 21.1 Å². The number of hydrogen-bond acceptors (Lipinski definition) is 4. The Labute approximate surface area is 237 Å². The van der Waals surface area contributed by atoms with Crippen LogP contribution >= 0.6 is 11.6 Å². The van der Waals surface area contributed by atoms with Crippen molar-refractivity contribution >= 4 is 23.4 Å². The van der Waals surface area contributed by atoms with Gasteiger partial charge >= 0.3 is 0 Å². The van der Waals surface area contributed by atoms with Crippen LogP contribution in [0.5, 0.6) is 11.5 Å². The van der Waals surface area contributed by atoms with Gasteiger partial charge in [-0.25, -0.2) is 0 Å². The minimum absolute atomic E-state index is 0.0518. The second-order valence-corrected chi connectivity index (χ2v) is 10.1. The summed E-state index contributed by atoms with van der Waals surface area (Å²) in [7, 11) is 0. The number of rotatable bonds is 14. The maximum atomic E-state index is 13.9. The lowest BCUT2D eigenvalue weighted by molar-refractivity contribution is -0.141. The van der Waals surface area contributed by atoms with Crippen LogP contribution in [0.4, 0.5) is 0 Å². The Bertz CT molecular complexity index is 1200. The fourth-order valence-electron chi connectivity index (χ4n) is 4.37. The lowest BCUT2D eigenvalue weighted by atomic mass is 10.0. The van der Waals surface area contributed by atoms with Crippen molar-refractivity contribution in [2.24, 2.45) is 0 Å². The van der Waals surface area contributed by atoms with Crippen LogP contribution < -0.4 is 14.8 Å². The largest absolute Gasteiger partial charge is 0.490 e. The third-order valence-electron chi connectivity index (χ3n) is 6.20. The van der Waals surface area contributed by atoms with Gasteiger partial charge in [0.25, 0.3) is 0 Å². The number of nitrogens with one attached hydrogen (secondary N) is 1. The molecule has 0 spiro atoms. The van der Waals surface area contributed by atoms with Crippen LogP contribution in [0.1, 0.15) is 50.8 Å². The van der Waals surface area contributed by atoms with Gasteiger partial charge in [0.05, 0.1) is 13.2 Å². The Kier molecular flexibility index (Phi) is 11.7.